The van der Waals surface area contributed by atoms with Gasteiger partial charge in [0.05, 0.1) is 11.4 Å². The van der Waals surface area contributed by atoms with Crippen molar-refractivity contribution in [3.63, 3.8) is 0 Å². The average molecular weight is 339 g/mol. The Morgan fingerprint density at radius 2 is 1.75 bits per heavy atom. The van der Waals surface area contributed by atoms with E-state index in [1.54, 1.807) is 33.9 Å². The molecule has 0 radical (unpaired) electrons. The lowest BCUT2D eigenvalue weighted by atomic mass is 10.3. The molecular formula is C17H17N5OS. The first kappa shape index (κ1) is 15.9. The van der Waals surface area contributed by atoms with E-state index in [0.717, 1.165) is 17.1 Å². The van der Waals surface area contributed by atoms with Gasteiger partial charge in [0.25, 0.3) is 5.56 Å². The fourth-order valence-corrected chi connectivity index (χ4v) is 2.64. The molecule has 7 heteroatoms. The van der Waals surface area contributed by atoms with Gasteiger partial charge in [0.2, 0.25) is 0 Å². The maximum atomic E-state index is 12.8. The van der Waals surface area contributed by atoms with Gasteiger partial charge in [-0.25, -0.2) is 4.68 Å². The number of aromatic nitrogens is 3. The summed E-state index contributed by atoms with van der Waals surface area (Å²) in [5.41, 5.74) is 2.70. The SMILES string of the molecule is Cc1c(NC(=S)Nc2ccncc2)c(=O)n(-c2ccccc2)n1C. The molecule has 0 fully saturated rings. The number of nitrogens with zero attached hydrogens (tertiary/aromatic N) is 3. The van der Waals surface area contributed by atoms with Crippen LogP contribution >= 0.6 is 12.2 Å². The zero-order valence-electron chi connectivity index (χ0n) is 13.4. The van der Waals surface area contributed by atoms with Crippen LogP contribution in [0.4, 0.5) is 11.4 Å². The molecule has 0 aliphatic carbocycles. The van der Waals surface area contributed by atoms with Gasteiger partial charge in [-0.05, 0) is 43.4 Å². The highest BCUT2D eigenvalue weighted by Gasteiger charge is 2.16. The van der Waals surface area contributed by atoms with E-state index in [0.29, 0.717) is 10.8 Å². The van der Waals surface area contributed by atoms with Crippen LogP contribution in [0, 0.1) is 6.92 Å². The second-order valence-electron chi connectivity index (χ2n) is 5.25. The highest BCUT2D eigenvalue weighted by Crippen LogP contribution is 2.14. The van der Waals surface area contributed by atoms with Crippen LogP contribution in [0.25, 0.3) is 5.69 Å². The van der Waals surface area contributed by atoms with Crippen LogP contribution in [0.5, 0.6) is 0 Å². The van der Waals surface area contributed by atoms with Gasteiger partial charge < -0.3 is 10.6 Å². The van der Waals surface area contributed by atoms with Crippen molar-refractivity contribution in [1.29, 1.82) is 0 Å². The molecule has 3 aromatic rings. The number of para-hydroxylation sites is 1. The predicted octanol–water partition coefficient (Wildman–Crippen LogP) is 2.69. The van der Waals surface area contributed by atoms with Crippen LogP contribution < -0.4 is 16.2 Å². The molecule has 0 spiro atoms. The summed E-state index contributed by atoms with van der Waals surface area (Å²) >= 11 is 5.31. The number of pyridine rings is 1. The van der Waals surface area contributed by atoms with E-state index in [2.05, 4.69) is 15.6 Å². The quantitative estimate of drug-likeness (QED) is 0.718. The smallest absolute Gasteiger partial charge is 0.295 e. The van der Waals surface area contributed by atoms with E-state index in [9.17, 15) is 4.79 Å². The van der Waals surface area contributed by atoms with Crippen molar-refractivity contribution in [3.05, 3.63) is 70.9 Å². The summed E-state index contributed by atoms with van der Waals surface area (Å²) in [5.74, 6) is 0. The van der Waals surface area contributed by atoms with Gasteiger partial charge >= 0.3 is 0 Å². The largest absolute Gasteiger partial charge is 0.332 e. The summed E-state index contributed by atoms with van der Waals surface area (Å²) in [6.07, 6.45) is 3.34. The molecule has 0 aliphatic rings. The number of nitrogens with one attached hydrogen (secondary N) is 2. The summed E-state index contributed by atoms with van der Waals surface area (Å²) in [7, 11) is 1.84. The van der Waals surface area contributed by atoms with Gasteiger partial charge in [-0.15, -0.1) is 0 Å². The minimum absolute atomic E-state index is 0.153. The zero-order valence-corrected chi connectivity index (χ0v) is 14.2. The molecule has 2 aromatic heterocycles. The Morgan fingerprint density at radius 1 is 1.08 bits per heavy atom. The summed E-state index contributed by atoms with van der Waals surface area (Å²) < 4.78 is 3.40. The number of rotatable bonds is 3. The first-order valence-electron chi connectivity index (χ1n) is 7.40. The Balaban J connectivity index is 1.90. The summed E-state index contributed by atoms with van der Waals surface area (Å²) in [6, 6.07) is 13.1. The summed E-state index contributed by atoms with van der Waals surface area (Å²) in [4.78, 5) is 16.7. The molecule has 1 aromatic carbocycles. The molecule has 2 heterocycles. The first-order valence-corrected chi connectivity index (χ1v) is 7.81. The van der Waals surface area contributed by atoms with Gasteiger partial charge in [0, 0.05) is 25.1 Å². The second-order valence-corrected chi connectivity index (χ2v) is 5.66. The van der Waals surface area contributed by atoms with Crippen molar-refractivity contribution in [2.75, 3.05) is 10.6 Å². The molecule has 0 aliphatic heterocycles. The maximum Gasteiger partial charge on any atom is 0.295 e. The molecule has 3 rings (SSSR count). The zero-order chi connectivity index (χ0) is 17.1. The van der Waals surface area contributed by atoms with Crippen LogP contribution in [0.3, 0.4) is 0 Å². The Hall–Kier alpha value is -2.93. The van der Waals surface area contributed by atoms with E-state index in [-0.39, 0.29) is 5.56 Å². The number of anilines is 2. The third-order valence-corrected chi connectivity index (χ3v) is 3.94. The summed E-state index contributed by atoms with van der Waals surface area (Å²) in [5, 5.41) is 6.39. The molecule has 2 N–H and O–H groups in total. The molecule has 6 nitrogen and oxygen atoms in total. The molecular weight excluding hydrogens is 322 g/mol. The van der Waals surface area contributed by atoms with Gasteiger partial charge in [-0.3, -0.25) is 14.5 Å². The fourth-order valence-electron chi connectivity index (χ4n) is 2.42. The highest BCUT2D eigenvalue weighted by atomic mass is 32.1. The van der Waals surface area contributed by atoms with Crippen LogP contribution in [0.1, 0.15) is 5.69 Å². The van der Waals surface area contributed by atoms with Crippen molar-refractivity contribution >= 4 is 28.7 Å². The molecule has 24 heavy (non-hydrogen) atoms. The third kappa shape index (κ3) is 3.07. The van der Waals surface area contributed by atoms with Crippen molar-refractivity contribution in [1.82, 2.24) is 14.3 Å². The molecule has 0 unspecified atom stereocenters. The average Bonchev–Trinajstić information content (AvgIpc) is 2.80. The number of thiocarbonyl (C=S) groups is 1. The number of hydrogen-bond acceptors (Lipinski definition) is 3. The Bertz CT molecular complexity index is 915. The topological polar surface area (TPSA) is 63.9 Å². The van der Waals surface area contributed by atoms with Crippen LogP contribution in [0.15, 0.2) is 59.7 Å². The molecule has 0 bridgehead atoms. The van der Waals surface area contributed by atoms with Crippen molar-refractivity contribution < 1.29 is 0 Å². The van der Waals surface area contributed by atoms with Crippen molar-refractivity contribution in [2.24, 2.45) is 7.05 Å². The third-order valence-electron chi connectivity index (χ3n) is 3.73. The minimum atomic E-state index is -0.153. The van der Waals surface area contributed by atoms with Gasteiger partial charge in [0.1, 0.15) is 5.69 Å². The van der Waals surface area contributed by atoms with Crippen LogP contribution in [-0.4, -0.2) is 19.5 Å². The minimum Gasteiger partial charge on any atom is -0.332 e. The maximum absolute atomic E-state index is 12.8. The fraction of sp³-hybridized carbons (Fsp3) is 0.118. The molecule has 122 valence electrons. The molecule has 0 atom stereocenters. The number of hydrogen-bond donors (Lipinski definition) is 2. The predicted molar refractivity (Wildman–Crippen MR) is 99.8 cm³/mol. The monoisotopic (exact) mass is 339 g/mol. The van der Waals surface area contributed by atoms with E-state index < -0.39 is 0 Å². The van der Waals surface area contributed by atoms with Gasteiger partial charge in [-0.1, -0.05) is 18.2 Å². The van der Waals surface area contributed by atoms with Crippen molar-refractivity contribution in [2.45, 2.75) is 6.92 Å². The summed E-state index contributed by atoms with van der Waals surface area (Å²) in [6.45, 7) is 1.87. The molecule has 0 saturated heterocycles. The van der Waals surface area contributed by atoms with Gasteiger partial charge in [-0.2, -0.15) is 0 Å². The lowest BCUT2D eigenvalue weighted by molar-refractivity contribution is 0.630. The molecule has 0 amide bonds. The van der Waals surface area contributed by atoms with E-state index in [1.807, 2.05) is 44.3 Å². The molecule has 0 saturated carbocycles. The number of benzene rings is 1. The lowest BCUT2D eigenvalue weighted by Gasteiger charge is -2.09. The van der Waals surface area contributed by atoms with Crippen molar-refractivity contribution in [3.8, 4) is 5.69 Å². The van der Waals surface area contributed by atoms with Crippen LogP contribution in [0.2, 0.25) is 0 Å². The van der Waals surface area contributed by atoms with Gasteiger partial charge in [0.15, 0.2) is 5.11 Å². The first-order chi connectivity index (χ1) is 11.6. The van der Waals surface area contributed by atoms with Crippen LogP contribution in [-0.2, 0) is 7.05 Å². The Morgan fingerprint density at radius 3 is 2.42 bits per heavy atom. The highest BCUT2D eigenvalue weighted by molar-refractivity contribution is 7.80. The Labute approximate surface area is 144 Å². The second kappa shape index (κ2) is 6.67. The standard InChI is InChI=1S/C17H17N5OS/c1-12-15(20-17(24)19-13-8-10-18-11-9-13)16(23)22(21(12)2)14-6-4-3-5-7-14/h3-11H,1-2H3,(H2,18,19,20,24). The lowest BCUT2D eigenvalue weighted by Crippen LogP contribution is -2.25. The Kier molecular flexibility index (Phi) is 4.43. The van der Waals surface area contributed by atoms with E-state index in [4.69, 9.17) is 12.2 Å². The normalized spacial score (nSPS) is 10.4. The van der Waals surface area contributed by atoms with E-state index >= 15 is 0 Å². The van der Waals surface area contributed by atoms with E-state index in [1.165, 1.54) is 0 Å².